The fourth-order valence-corrected chi connectivity index (χ4v) is 3.17. The number of halogens is 2. The minimum atomic E-state index is -0.0921. The van der Waals surface area contributed by atoms with Crippen molar-refractivity contribution in [2.45, 2.75) is 6.92 Å². The molecule has 8 heteroatoms. The second-order valence-corrected chi connectivity index (χ2v) is 6.55. The molecule has 6 nitrogen and oxygen atoms in total. The van der Waals surface area contributed by atoms with Crippen LogP contribution in [0, 0.1) is 0 Å². The third-order valence-corrected chi connectivity index (χ3v) is 4.82. The quantitative estimate of drug-likeness (QED) is 0.882. The van der Waals surface area contributed by atoms with Gasteiger partial charge in [0.15, 0.2) is 0 Å². The molecule has 2 aromatic rings. The number of carbonyl (C=O) groups excluding carboxylic acids is 1. The van der Waals surface area contributed by atoms with Crippen LogP contribution in [0.2, 0.25) is 10.0 Å². The predicted molar refractivity (Wildman–Crippen MR) is 99.8 cm³/mol. The van der Waals surface area contributed by atoms with Crippen LogP contribution < -0.4 is 5.32 Å². The Labute approximate surface area is 156 Å². The highest BCUT2D eigenvalue weighted by Crippen LogP contribution is 2.31. The first-order valence-corrected chi connectivity index (χ1v) is 8.88. The van der Waals surface area contributed by atoms with Gasteiger partial charge < -0.3 is 15.1 Å². The van der Waals surface area contributed by atoms with E-state index in [9.17, 15) is 4.79 Å². The number of anilines is 2. The van der Waals surface area contributed by atoms with Crippen molar-refractivity contribution >= 4 is 40.6 Å². The van der Waals surface area contributed by atoms with Gasteiger partial charge in [0.1, 0.15) is 11.5 Å². The van der Waals surface area contributed by atoms with Crippen molar-refractivity contribution in [2.24, 2.45) is 0 Å². The van der Waals surface area contributed by atoms with E-state index in [-0.39, 0.29) is 5.91 Å². The number of carbonyl (C=O) groups is 1. The fraction of sp³-hybridized carbons (Fsp3) is 0.353. The van der Waals surface area contributed by atoms with Crippen molar-refractivity contribution in [3.05, 3.63) is 46.3 Å². The lowest BCUT2D eigenvalue weighted by atomic mass is 10.3. The monoisotopic (exact) mass is 379 g/mol. The van der Waals surface area contributed by atoms with Gasteiger partial charge in [-0.1, -0.05) is 36.2 Å². The highest BCUT2D eigenvalue weighted by atomic mass is 35.5. The zero-order chi connectivity index (χ0) is 17.8. The first kappa shape index (κ1) is 17.9. The average Bonchev–Trinajstić information content (AvgIpc) is 2.65. The largest absolute Gasteiger partial charge is 0.337 e. The molecule has 0 saturated carbocycles. The minimum Gasteiger partial charge on any atom is -0.337 e. The Kier molecular flexibility index (Phi) is 5.73. The molecule has 1 fully saturated rings. The van der Waals surface area contributed by atoms with Gasteiger partial charge in [0, 0.05) is 26.2 Å². The van der Waals surface area contributed by atoms with E-state index in [4.69, 9.17) is 23.2 Å². The minimum absolute atomic E-state index is 0.0921. The molecule has 0 spiro atoms. The van der Waals surface area contributed by atoms with Crippen molar-refractivity contribution < 1.29 is 4.79 Å². The SMILES string of the molecule is CCN1CCN(C(=O)c2cnc(Nc3c(Cl)cccc3Cl)cn2)CC1. The summed E-state index contributed by atoms with van der Waals surface area (Å²) in [6.45, 7) is 6.33. The lowest BCUT2D eigenvalue weighted by molar-refractivity contribution is 0.0637. The first-order valence-electron chi connectivity index (χ1n) is 8.13. The van der Waals surface area contributed by atoms with Crippen molar-refractivity contribution in [2.75, 3.05) is 38.0 Å². The van der Waals surface area contributed by atoms with Crippen LogP contribution in [0.1, 0.15) is 17.4 Å². The predicted octanol–water partition coefficient (Wildman–Crippen LogP) is 3.30. The number of piperazine rings is 1. The van der Waals surface area contributed by atoms with Crippen LogP contribution in [0.5, 0.6) is 0 Å². The van der Waals surface area contributed by atoms with Gasteiger partial charge in [-0.15, -0.1) is 0 Å². The maximum absolute atomic E-state index is 12.5. The van der Waals surface area contributed by atoms with Crippen LogP contribution in [-0.4, -0.2) is 58.4 Å². The molecule has 1 amide bonds. The zero-order valence-electron chi connectivity index (χ0n) is 13.9. The summed E-state index contributed by atoms with van der Waals surface area (Å²) in [5.74, 6) is 0.382. The van der Waals surface area contributed by atoms with Gasteiger partial charge in [0.25, 0.3) is 5.91 Å². The number of nitrogens with one attached hydrogen (secondary N) is 1. The molecule has 0 atom stereocenters. The van der Waals surface area contributed by atoms with E-state index < -0.39 is 0 Å². The van der Waals surface area contributed by atoms with E-state index >= 15 is 0 Å². The Balaban J connectivity index is 1.67. The van der Waals surface area contributed by atoms with Gasteiger partial charge in [-0.25, -0.2) is 9.97 Å². The number of para-hydroxylation sites is 1. The average molecular weight is 380 g/mol. The molecule has 1 N–H and O–H groups in total. The highest BCUT2D eigenvalue weighted by Gasteiger charge is 2.22. The molecule has 0 aliphatic carbocycles. The van der Waals surface area contributed by atoms with E-state index in [1.807, 2.05) is 4.90 Å². The molecular weight excluding hydrogens is 361 g/mol. The maximum Gasteiger partial charge on any atom is 0.274 e. The molecule has 0 unspecified atom stereocenters. The molecule has 25 heavy (non-hydrogen) atoms. The maximum atomic E-state index is 12.5. The van der Waals surface area contributed by atoms with Crippen LogP contribution in [-0.2, 0) is 0 Å². The number of likely N-dealkylation sites (N-methyl/N-ethyl adjacent to an activating group) is 1. The molecule has 1 aromatic carbocycles. The van der Waals surface area contributed by atoms with Gasteiger partial charge in [0.2, 0.25) is 0 Å². The van der Waals surface area contributed by atoms with E-state index in [2.05, 4.69) is 27.1 Å². The standard InChI is InChI=1S/C17H19Cl2N5O/c1-2-23-6-8-24(9-7-23)17(25)14-10-21-15(11-20-14)22-16-12(18)4-3-5-13(16)19/h3-5,10-11H,2,6-9H2,1H3,(H,21,22). The van der Waals surface area contributed by atoms with Crippen molar-refractivity contribution in [1.29, 1.82) is 0 Å². The Morgan fingerprint density at radius 2 is 1.80 bits per heavy atom. The van der Waals surface area contributed by atoms with Gasteiger partial charge in [0.05, 0.1) is 28.1 Å². The molecule has 1 saturated heterocycles. The summed E-state index contributed by atoms with van der Waals surface area (Å²) in [4.78, 5) is 25.1. The molecular formula is C17H19Cl2N5O. The number of benzene rings is 1. The zero-order valence-corrected chi connectivity index (χ0v) is 15.4. The molecule has 1 aliphatic rings. The first-order chi connectivity index (χ1) is 12.1. The Hall–Kier alpha value is -1.89. The molecule has 0 bridgehead atoms. The molecule has 1 aromatic heterocycles. The second kappa shape index (κ2) is 7.99. The van der Waals surface area contributed by atoms with Crippen LogP contribution in [0.15, 0.2) is 30.6 Å². The van der Waals surface area contributed by atoms with E-state index in [0.29, 0.717) is 40.3 Å². The van der Waals surface area contributed by atoms with Crippen LogP contribution in [0.25, 0.3) is 0 Å². The normalized spacial score (nSPS) is 15.2. The summed E-state index contributed by atoms with van der Waals surface area (Å²) in [5, 5.41) is 4.01. The number of hydrogen-bond acceptors (Lipinski definition) is 5. The van der Waals surface area contributed by atoms with E-state index in [1.165, 1.54) is 12.4 Å². The van der Waals surface area contributed by atoms with Crippen LogP contribution >= 0.6 is 23.2 Å². The number of nitrogens with zero attached hydrogens (tertiary/aromatic N) is 4. The summed E-state index contributed by atoms with van der Waals surface area (Å²) in [6, 6.07) is 5.23. The molecule has 1 aliphatic heterocycles. The number of rotatable bonds is 4. The summed E-state index contributed by atoms with van der Waals surface area (Å²) in [5.41, 5.74) is 0.899. The van der Waals surface area contributed by atoms with E-state index in [0.717, 1.165) is 19.6 Å². The molecule has 0 radical (unpaired) electrons. The number of aromatic nitrogens is 2. The molecule has 2 heterocycles. The number of hydrogen-bond donors (Lipinski definition) is 1. The van der Waals surface area contributed by atoms with E-state index in [1.54, 1.807) is 18.2 Å². The lowest BCUT2D eigenvalue weighted by Gasteiger charge is -2.33. The van der Waals surface area contributed by atoms with Gasteiger partial charge in [-0.2, -0.15) is 0 Å². The highest BCUT2D eigenvalue weighted by molar-refractivity contribution is 6.39. The number of amides is 1. The Morgan fingerprint density at radius 1 is 1.12 bits per heavy atom. The third-order valence-electron chi connectivity index (χ3n) is 4.19. The van der Waals surface area contributed by atoms with Crippen molar-refractivity contribution in [3.63, 3.8) is 0 Å². The lowest BCUT2D eigenvalue weighted by Crippen LogP contribution is -2.48. The van der Waals surface area contributed by atoms with Crippen molar-refractivity contribution in [3.8, 4) is 0 Å². The Bertz CT molecular complexity index is 725. The van der Waals surface area contributed by atoms with Crippen LogP contribution in [0.4, 0.5) is 11.5 Å². The summed E-state index contributed by atoms with van der Waals surface area (Å²) in [7, 11) is 0. The molecule has 132 valence electrons. The van der Waals surface area contributed by atoms with Crippen LogP contribution in [0.3, 0.4) is 0 Å². The molecule has 3 rings (SSSR count). The summed E-state index contributed by atoms with van der Waals surface area (Å²) >= 11 is 12.3. The smallest absolute Gasteiger partial charge is 0.274 e. The summed E-state index contributed by atoms with van der Waals surface area (Å²) in [6.07, 6.45) is 2.98. The summed E-state index contributed by atoms with van der Waals surface area (Å²) < 4.78 is 0. The topological polar surface area (TPSA) is 61.4 Å². The van der Waals surface area contributed by atoms with Gasteiger partial charge >= 0.3 is 0 Å². The van der Waals surface area contributed by atoms with Crippen molar-refractivity contribution in [1.82, 2.24) is 19.8 Å². The van der Waals surface area contributed by atoms with Gasteiger partial charge in [-0.3, -0.25) is 4.79 Å². The fourth-order valence-electron chi connectivity index (χ4n) is 2.68. The third kappa shape index (κ3) is 4.21. The van der Waals surface area contributed by atoms with Gasteiger partial charge in [-0.05, 0) is 18.7 Å². The second-order valence-electron chi connectivity index (χ2n) is 5.73. The Morgan fingerprint density at radius 3 is 2.36 bits per heavy atom.